The molecule has 52 heavy (non-hydrogen) atoms. The summed E-state index contributed by atoms with van der Waals surface area (Å²) < 4.78 is 74.8. The highest BCUT2D eigenvalue weighted by Gasteiger charge is 2.21. The molecule has 0 saturated carbocycles. The Hall–Kier alpha value is -1.25. The Balaban J connectivity index is 5.11. The van der Waals surface area contributed by atoms with Gasteiger partial charge < -0.3 is 27.9 Å². The van der Waals surface area contributed by atoms with Gasteiger partial charge >= 0.3 is 11.9 Å². The molecule has 308 valence electrons. The molecule has 0 saturated heterocycles. The van der Waals surface area contributed by atoms with Gasteiger partial charge in [-0.15, -0.1) is 0 Å². The highest BCUT2D eigenvalue weighted by atomic mass is 31.2. The number of hydrogen-bond acceptors (Lipinski definition) is 8. The first-order valence-electron chi connectivity index (χ1n) is 23.4. The summed E-state index contributed by atoms with van der Waals surface area (Å²) in [4.78, 5) is 38.4. The molecule has 0 aromatic heterocycles. The van der Waals surface area contributed by atoms with E-state index in [0.717, 1.165) is 51.4 Å². The molecule has 0 aliphatic rings. The van der Waals surface area contributed by atoms with Crippen molar-refractivity contribution in [2.45, 2.75) is 200 Å². The molecule has 10 heteroatoms. The van der Waals surface area contributed by atoms with Gasteiger partial charge in [0, 0.05) is 12.8 Å². The molecule has 0 amide bonds. The van der Waals surface area contributed by atoms with Crippen molar-refractivity contribution in [1.29, 1.82) is 0 Å². The zero-order valence-corrected chi connectivity index (χ0v) is 34.9. The summed E-state index contributed by atoms with van der Waals surface area (Å²) in [6.07, 6.45) is 27.8. The van der Waals surface area contributed by atoms with Crippen molar-refractivity contribution in [1.82, 2.24) is 0 Å². The van der Waals surface area contributed by atoms with Gasteiger partial charge in [0.05, 0.1) is 34.6 Å². The summed E-state index contributed by atoms with van der Waals surface area (Å²) in [6.45, 7) is -3.24. The molecule has 0 N–H and O–H groups in total. The van der Waals surface area contributed by atoms with Gasteiger partial charge in [0.25, 0.3) is 7.82 Å². The summed E-state index contributed by atoms with van der Waals surface area (Å²) in [5.74, 6) is -2.23. The van der Waals surface area contributed by atoms with Crippen LogP contribution in [0.25, 0.3) is 0 Å². The minimum absolute atomic E-state index is 0.202. The minimum atomic E-state index is -5.50. The highest BCUT2D eigenvalue weighted by Crippen LogP contribution is 2.38. The van der Waals surface area contributed by atoms with Crippen LogP contribution in [0.2, 0.25) is 0 Å². The van der Waals surface area contributed by atoms with Gasteiger partial charge in [0.1, 0.15) is 19.7 Å². The first-order chi connectivity index (χ1) is 26.8. The van der Waals surface area contributed by atoms with Crippen molar-refractivity contribution in [2.24, 2.45) is 0 Å². The van der Waals surface area contributed by atoms with Crippen LogP contribution in [0, 0.1) is 0 Å². The summed E-state index contributed by atoms with van der Waals surface area (Å²) in [5.41, 5.74) is 0. The molecular weight excluding hydrogens is 677 g/mol. The zero-order valence-electron chi connectivity index (χ0n) is 39.0. The Morgan fingerprint density at radius 2 is 1.04 bits per heavy atom. The summed E-state index contributed by atoms with van der Waals surface area (Å²) in [5, 5.41) is 0. The van der Waals surface area contributed by atoms with Crippen LogP contribution in [0.3, 0.4) is 0 Å². The molecule has 2 atom stereocenters. The fourth-order valence-corrected chi connectivity index (χ4v) is 6.11. The van der Waals surface area contributed by atoms with Gasteiger partial charge in [0.15, 0.2) is 6.08 Å². The number of nitrogens with zero attached hydrogens (tertiary/aromatic N) is 1. The Labute approximate surface area is 327 Å². The van der Waals surface area contributed by atoms with Crippen molar-refractivity contribution in [3.63, 3.8) is 0 Å². The smallest absolute Gasteiger partial charge is 0.306 e. The molecule has 0 aromatic rings. The lowest BCUT2D eigenvalue weighted by Gasteiger charge is -2.28. The van der Waals surface area contributed by atoms with E-state index in [-0.39, 0.29) is 26.0 Å². The second kappa shape index (κ2) is 35.5. The number of hydrogen-bond donors (Lipinski definition) is 0. The molecule has 0 aliphatic heterocycles. The molecule has 0 aromatic carbocycles. The quantitative estimate of drug-likeness (QED) is 0.0200. The normalized spacial score (nSPS) is 16.3. The first-order valence-corrected chi connectivity index (χ1v) is 22.3. The van der Waals surface area contributed by atoms with E-state index < -0.39 is 39.0 Å². The third-order valence-corrected chi connectivity index (χ3v) is 9.68. The number of rotatable bonds is 39. The van der Waals surface area contributed by atoms with E-state index in [1.807, 2.05) is 0 Å². The van der Waals surface area contributed by atoms with Crippen LogP contribution in [0.4, 0.5) is 0 Å². The van der Waals surface area contributed by atoms with Crippen LogP contribution in [0.5, 0.6) is 0 Å². The highest BCUT2D eigenvalue weighted by molar-refractivity contribution is 7.45. The van der Waals surface area contributed by atoms with Crippen molar-refractivity contribution in [3.05, 3.63) is 12.2 Å². The van der Waals surface area contributed by atoms with Gasteiger partial charge in [-0.25, -0.2) is 0 Å². The van der Waals surface area contributed by atoms with Crippen LogP contribution >= 0.6 is 7.82 Å². The zero-order chi connectivity index (χ0) is 43.1. The van der Waals surface area contributed by atoms with Crippen molar-refractivity contribution < 1.29 is 48.9 Å². The van der Waals surface area contributed by atoms with Gasteiger partial charge in [-0.05, 0) is 38.5 Å². The number of carbonyl (C=O) groups excluding carboxylic acids is 2. The third-order valence-electron chi connectivity index (χ3n) is 8.86. The average Bonchev–Trinajstić information content (AvgIpc) is 3.10. The lowest BCUT2D eigenvalue weighted by molar-refractivity contribution is -0.870. The van der Waals surface area contributed by atoms with Crippen LogP contribution in [0.15, 0.2) is 12.2 Å². The summed E-state index contributed by atoms with van der Waals surface area (Å²) >= 11 is 0. The maximum atomic E-state index is 13.0. The molecule has 0 bridgehead atoms. The van der Waals surface area contributed by atoms with Crippen LogP contribution in [-0.2, 0) is 32.7 Å². The van der Waals surface area contributed by atoms with E-state index in [1.165, 1.54) is 89.9 Å². The monoisotopic (exact) mass is 765 g/mol. The maximum Gasteiger partial charge on any atom is 0.306 e. The number of carbonyl (C=O) groups is 2. The van der Waals surface area contributed by atoms with Gasteiger partial charge in [0.2, 0.25) is 0 Å². The van der Waals surface area contributed by atoms with E-state index in [9.17, 15) is 19.0 Å². The number of phosphoric acid groups is 1. The van der Waals surface area contributed by atoms with E-state index in [0.29, 0.717) is 30.2 Å². The first kappa shape index (κ1) is 41.9. The second-order valence-corrected chi connectivity index (χ2v) is 16.5. The maximum absolute atomic E-state index is 13.0. The SMILES string of the molecule is [2H]C([2H])(OC(=O)CCCCCCCCCCCCCCC)C([2H])(OC(=O)CCCCCCC/C=C/CCCCCCCC)C([2H])([2H])OP(=O)([O-])OCC[N+](C)(C)C. The van der Waals surface area contributed by atoms with Gasteiger partial charge in [-0.1, -0.05) is 154 Å². The number of allylic oxidation sites excluding steroid dienone is 2. The second-order valence-electron chi connectivity index (χ2n) is 15.2. The largest absolute Gasteiger partial charge is 0.756 e. The number of unbranched alkanes of at least 4 members (excludes halogenated alkanes) is 23. The van der Waals surface area contributed by atoms with E-state index >= 15 is 0 Å². The number of ether oxygens (including phenoxy) is 2. The fraction of sp³-hybridized carbons (Fsp3) is 0.905. The Morgan fingerprint density at radius 1 is 0.635 bits per heavy atom. The average molecular weight is 765 g/mol. The van der Waals surface area contributed by atoms with Crippen LogP contribution < -0.4 is 4.89 Å². The van der Waals surface area contributed by atoms with Crippen molar-refractivity contribution >= 4 is 19.8 Å². The lowest BCUT2D eigenvalue weighted by Crippen LogP contribution is -2.37. The van der Waals surface area contributed by atoms with Gasteiger partial charge in [-0.3, -0.25) is 14.2 Å². The minimum Gasteiger partial charge on any atom is -0.756 e. The van der Waals surface area contributed by atoms with Crippen LogP contribution in [0.1, 0.15) is 200 Å². The Bertz CT molecular complexity index is 1120. The van der Waals surface area contributed by atoms with E-state index in [1.54, 1.807) is 21.1 Å². The van der Waals surface area contributed by atoms with Crippen molar-refractivity contribution in [3.8, 4) is 0 Å². The van der Waals surface area contributed by atoms with Crippen LogP contribution in [-0.4, -0.2) is 69.9 Å². The summed E-state index contributed by atoms with van der Waals surface area (Å²) in [6, 6.07) is 0. The third kappa shape index (κ3) is 38.5. The molecule has 0 radical (unpaired) electrons. The Kier molecular flexibility index (Phi) is 28.6. The van der Waals surface area contributed by atoms with Crippen molar-refractivity contribution in [2.75, 3.05) is 47.4 Å². The number of likely N-dealkylation sites (N-methyl/N-ethyl adjacent to an activating group) is 1. The topological polar surface area (TPSA) is 111 Å². The number of phosphoric ester groups is 1. The van der Waals surface area contributed by atoms with Gasteiger partial charge in [-0.2, -0.15) is 0 Å². The van der Waals surface area contributed by atoms with E-state index in [2.05, 4.69) is 30.5 Å². The van der Waals surface area contributed by atoms with E-state index in [4.69, 9.17) is 20.9 Å². The number of esters is 2. The molecule has 0 heterocycles. The lowest BCUT2D eigenvalue weighted by atomic mass is 10.0. The molecular formula is C42H82NO8P. The fourth-order valence-electron chi connectivity index (χ4n) is 5.56. The number of quaternary nitrogens is 1. The Morgan fingerprint density at radius 3 is 1.48 bits per heavy atom. The molecule has 0 aliphatic carbocycles. The molecule has 9 nitrogen and oxygen atoms in total. The molecule has 0 fully saturated rings. The summed E-state index contributed by atoms with van der Waals surface area (Å²) in [7, 11) is -0.153. The predicted octanol–water partition coefficient (Wildman–Crippen LogP) is 11.2. The molecule has 0 rings (SSSR count). The molecule has 2 unspecified atom stereocenters. The predicted molar refractivity (Wildman–Crippen MR) is 213 cm³/mol. The molecule has 0 spiro atoms. The standard InChI is InChI=1S/C42H82NO8P/c1-6-8-10-12-14-16-18-20-21-23-25-27-29-31-33-35-42(45)51-40(39-50-52(46,47)49-37-36-43(3,4)5)38-48-41(44)34-32-30-28-26-24-22-19-17-15-13-11-9-7-2/h20-21,40H,6-19,22-39H2,1-5H3/b21-20+/i38D2,39D2,40D.